The van der Waals surface area contributed by atoms with Crippen molar-refractivity contribution >= 4 is 28.9 Å². The van der Waals surface area contributed by atoms with Gasteiger partial charge in [-0.25, -0.2) is 19.9 Å². The first-order valence-electron chi connectivity index (χ1n) is 16.2. The van der Waals surface area contributed by atoms with E-state index in [9.17, 15) is 0 Å². The van der Waals surface area contributed by atoms with Crippen LogP contribution < -0.4 is 4.90 Å². The van der Waals surface area contributed by atoms with Crippen LogP contribution in [0.15, 0.2) is 122 Å². The van der Waals surface area contributed by atoms with E-state index in [2.05, 4.69) is 78.5 Å². The number of nitrogens with zero attached hydrogens (tertiary/aromatic N) is 8. The average Bonchev–Trinajstić information content (AvgIpc) is 3.39. The maximum absolute atomic E-state index is 5.16. The summed E-state index contributed by atoms with van der Waals surface area (Å²) >= 11 is 0. The second kappa shape index (κ2) is 13.4. The lowest BCUT2D eigenvalue weighted by molar-refractivity contribution is 0.974. The zero-order valence-corrected chi connectivity index (χ0v) is 27.4. The average molecular weight is 629 g/mol. The van der Waals surface area contributed by atoms with Crippen LogP contribution in [-0.2, 0) is 0 Å². The standard InChI is InChI=1S/C40H36N8/c1-5-7-21-32-28(4)43-40-47(33-22-14-24-41-35(33)36-34(48(32)40)23-15-25-42-36)27(3)26-31(16-6-2)39-45-37(29-17-10-8-11-18-29)44-38(46-39)30-19-12-9-13-20-30/h6-8,10-12,14-26H,2,5,9,13H2,1,3-4H3/b21-7-,27-26+,31-16+. The largest absolute Gasteiger partial charge is 0.282 e. The van der Waals surface area contributed by atoms with Crippen molar-refractivity contribution in [1.82, 2.24) is 34.5 Å². The quantitative estimate of drug-likeness (QED) is 0.158. The molecule has 2 aliphatic rings. The van der Waals surface area contributed by atoms with Gasteiger partial charge < -0.3 is 0 Å². The van der Waals surface area contributed by atoms with Gasteiger partial charge in [0.15, 0.2) is 17.5 Å². The highest BCUT2D eigenvalue weighted by molar-refractivity contribution is 5.88. The first kappa shape index (κ1) is 30.6. The van der Waals surface area contributed by atoms with Crippen LogP contribution in [0.3, 0.4) is 0 Å². The molecule has 0 amide bonds. The Balaban J connectivity index is 1.43. The van der Waals surface area contributed by atoms with E-state index >= 15 is 0 Å². The summed E-state index contributed by atoms with van der Waals surface area (Å²) in [7, 11) is 0. The van der Waals surface area contributed by atoms with Crippen LogP contribution in [0.2, 0.25) is 0 Å². The molecule has 1 aliphatic heterocycles. The predicted molar refractivity (Wildman–Crippen MR) is 194 cm³/mol. The van der Waals surface area contributed by atoms with Gasteiger partial charge in [-0.1, -0.05) is 80.3 Å². The maximum atomic E-state index is 5.16. The van der Waals surface area contributed by atoms with Crippen molar-refractivity contribution in [2.45, 2.75) is 40.0 Å². The fourth-order valence-corrected chi connectivity index (χ4v) is 6.05. The molecule has 0 spiro atoms. The van der Waals surface area contributed by atoms with E-state index < -0.39 is 0 Å². The number of benzene rings is 1. The van der Waals surface area contributed by atoms with E-state index in [1.807, 2.05) is 61.7 Å². The van der Waals surface area contributed by atoms with E-state index in [-0.39, 0.29) is 0 Å². The Morgan fingerprint density at radius 3 is 2.35 bits per heavy atom. The monoisotopic (exact) mass is 628 g/mol. The summed E-state index contributed by atoms with van der Waals surface area (Å²) in [5, 5.41) is 0. The summed E-state index contributed by atoms with van der Waals surface area (Å²) in [6.45, 7) is 10.3. The first-order chi connectivity index (χ1) is 23.6. The number of anilines is 2. The summed E-state index contributed by atoms with van der Waals surface area (Å²) in [5.41, 5.74) is 8.86. The van der Waals surface area contributed by atoms with Crippen molar-refractivity contribution in [2.75, 3.05) is 4.90 Å². The van der Waals surface area contributed by atoms with Gasteiger partial charge in [0.25, 0.3) is 0 Å². The SMILES string of the molecule is C=C/C=C(\C=C(/C)N1c2cccnc2-c2ncccc2-n2c1nc(C)c2/C=C\CC)c1nc(C2=CCCC=C2)nc(-c2ccccc2)n1. The zero-order valence-electron chi connectivity index (χ0n) is 27.4. The fraction of sp³-hybridized carbons (Fsp3) is 0.150. The molecule has 0 saturated heterocycles. The van der Waals surface area contributed by atoms with E-state index in [1.165, 1.54) is 0 Å². The molecule has 0 fully saturated rings. The molecule has 4 aromatic heterocycles. The number of aryl methyl sites for hydroxylation is 1. The number of aromatic nitrogens is 7. The molecule has 1 aliphatic carbocycles. The molecule has 5 aromatic rings. The smallest absolute Gasteiger partial charge is 0.220 e. The van der Waals surface area contributed by atoms with Gasteiger partial charge >= 0.3 is 0 Å². The number of imidazole rings is 1. The first-order valence-corrected chi connectivity index (χ1v) is 16.2. The van der Waals surface area contributed by atoms with E-state index in [0.29, 0.717) is 17.5 Å². The van der Waals surface area contributed by atoms with Crippen molar-refractivity contribution < 1.29 is 0 Å². The number of allylic oxidation sites excluding steroid dienone is 10. The summed E-state index contributed by atoms with van der Waals surface area (Å²) < 4.78 is 2.18. The predicted octanol–water partition coefficient (Wildman–Crippen LogP) is 9.27. The van der Waals surface area contributed by atoms with Crippen LogP contribution >= 0.6 is 0 Å². The van der Waals surface area contributed by atoms with Gasteiger partial charge in [-0.15, -0.1) is 0 Å². The third-order valence-electron chi connectivity index (χ3n) is 8.26. The van der Waals surface area contributed by atoms with E-state index in [0.717, 1.165) is 81.8 Å². The molecule has 236 valence electrons. The minimum atomic E-state index is 0.551. The number of fused-ring (bicyclic) bond motifs is 5. The van der Waals surface area contributed by atoms with Gasteiger partial charge in [-0.3, -0.25) is 19.4 Å². The van der Waals surface area contributed by atoms with Crippen LogP contribution in [0.1, 0.15) is 56.1 Å². The highest BCUT2D eigenvalue weighted by Gasteiger charge is 2.31. The van der Waals surface area contributed by atoms with Gasteiger partial charge in [-0.05, 0) is 69.5 Å². The second-order valence-corrected chi connectivity index (χ2v) is 11.6. The van der Waals surface area contributed by atoms with Crippen LogP contribution in [-0.4, -0.2) is 34.5 Å². The van der Waals surface area contributed by atoms with E-state index in [4.69, 9.17) is 29.9 Å². The highest BCUT2D eigenvalue weighted by Crippen LogP contribution is 2.44. The normalized spacial score (nSPS) is 14.3. The highest BCUT2D eigenvalue weighted by atomic mass is 15.3. The second-order valence-electron chi connectivity index (χ2n) is 11.6. The summed E-state index contributed by atoms with van der Waals surface area (Å²) in [6, 6.07) is 18.1. The molecule has 0 unspecified atom stereocenters. The lowest BCUT2D eigenvalue weighted by atomic mass is 10.1. The van der Waals surface area contributed by atoms with Crippen LogP contribution in [0.25, 0.3) is 45.7 Å². The zero-order chi connectivity index (χ0) is 33.0. The molecular formula is C40H36N8. The van der Waals surface area contributed by atoms with Crippen LogP contribution in [0.4, 0.5) is 11.6 Å². The molecular weight excluding hydrogens is 592 g/mol. The molecule has 5 heterocycles. The summed E-state index contributed by atoms with van der Waals surface area (Å²) in [5.74, 6) is 2.55. The molecule has 8 heteroatoms. The van der Waals surface area contributed by atoms with Crippen molar-refractivity contribution in [1.29, 1.82) is 0 Å². The Morgan fingerprint density at radius 1 is 0.875 bits per heavy atom. The van der Waals surface area contributed by atoms with Crippen molar-refractivity contribution in [3.05, 3.63) is 145 Å². The number of hydrogen-bond acceptors (Lipinski definition) is 7. The third-order valence-corrected chi connectivity index (χ3v) is 8.26. The molecule has 0 bridgehead atoms. The van der Waals surface area contributed by atoms with Gasteiger partial charge in [0.2, 0.25) is 5.95 Å². The molecule has 7 rings (SSSR count). The fourth-order valence-electron chi connectivity index (χ4n) is 6.05. The molecule has 1 aromatic carbocycles. The lowest BCUT2D eigenvalue weighted by Crippen LogP contribution is -2.19. The molecule has 0 N–H and O–H groups in total. The lowest BCUT2D eigenvalue weighted by Gasteiger charge is -2.25. The van der Waals surface area contributed by atoms with Crippen LogP contribution in [0, 0.1) is 6.92 Å². The molecule has 48 heavy (non-hydrogen) atoms. The Labute approximate surface area is 281 Å². The van der Waals surface area contributed by atoms with Crippen molar-refractivity contribution in [3.63, 3.8) is 0 Å². The number of pyridine rings is 2. The van der Waals surface area contributed by atoms with Gasteiger partial charge in [0, 0.05) is 34.8 Å². The van der Waals surface area contributed by atoms with Crippen molar-refractivity contribution in [3.8, 4) is 28.5 Å². The molecule has 0 radical (unpaired) electrons. The Morgan fingerprint density at radius 2 is 1.62 bits per heavy atom. The Hall–Kier alpha value is -6.02. The van der Waals surface area contributed by atoms with Gasteiger partial charge in [-0.2, -0.15) is 0 Å². The topological polar surface area (TPSA) is 85.5 Å². The van der Waals surface area contributed by atoms with Crippen molar-refractivity contribution in [2.24, 2.45) is 0 Å². The van der Waals surface area contributed by atoms with E-state index in [1.54, 1.807) is 12.3 Å². The maximum Gasteiger partial charge on any atom is 0.220 e. The Bertz CT molecular complexity index is 2160. The molecule has 0 atom stereocenters. The minimum absolute atomic E-state index is 0.551. The molecule has 8 nitrogen and oxygen atoms in total. The number of hydrogen-bond donors (Lipinski definition) is 0. The molecule has 0 saturated carbocycles. The van der Waals surface area contributed by atoms with Gasteiger partial charge in [0.05, 0.1) is 22.8 Å². The Kier molecular flexibility index (Phi) is 8.53. The minimum Gasteiger partial charge on any atom is -0.282 e. The van der Waals surface area contributed by atoms with Crippen LogP contribution in [0.5, 0.6) is 0 Å². The third kappa shape index (κ3) is 5.73. The van der Waals surface area contributed by atoms with Gasteiger partial charge in [0.1, 0.15) is 11.4 Å². The summed E-state index contributed by atoms with van der Waals surface area (Å²) in [4.78, 5) is 31.9. The number of rotatable bonds is 8. The summed E-state index contributed by atoms with van der Waals surface area (Å²) in [6.07, 6.45) is 23.0.